The Morgan fingerprint density at radius 3 is 2.37 bits per heavy atom. The molecule has 0 aromatic heterocycles. The minimum Gasteiger partial charge on any atom is -0.493 e. The number of hydrogen-bond acceptors (Lipinski definition) is 3. The van der Waals surface area contributed by atoms with Gasteiger partial charge in [0.1, 0.15) is 0 Å². The normalized spacial score (nSPS) is 10.5. The minimum atomic E-state index is 0.766. The molecule has 0 fully saturated rings. The number of ether oxygens (including phenoxy) is 2. The topological polar surface area (TPSA) is 30.5 Å². The van der Waals surface area contributed by atoms with Crippen molar-refractivity contribution >= 4 is 15.9 Å². The Hall–Kier alpha value is -0.740. The third-order valence-electron chi connectivity index (χ3n) is 3.03. The molecule has 3 nitrogen and oxygen atoms in total. The molecule has 0 bridgehead atoms. The third kappa shape index (κ3) is 5.41. The monoisotopic (exact) mass is 329 g/mol. The second-order valence-corrected chi connectivity index (χ2v) is 5.36. The number of rotatable bonds is 9. The molecule has 0 heterocycles. The lowest BCUT2D eigenvalue weighted by molar-refractivity contribution is 0.354. The zero-order valence-corrected chi connectivity index (χ0v) is 13.7. The van der Waals surface area contributed by atoms with Gasteiger partial charge in [-0.05, 0) is 56.5 Å². The van der Waals surface area contributed by atoms with E-state index in [0.29, 0.717) is 0 Å². The van der Waals surface area contributed by atoms with Gasteiger partial charge in [0.2, 0.25) is 0 Å². The van der Waals surface area contributed by atoms with Crippen molar-refractivity contribution in [1.82, 2.24) is 5.32 Å². The van der Waals surface area contributed by atoms with Gasteiger partial charge in [-0.3, -0.25) is 0 Å². The molecular formula is C15H24BrNO2. The molecule has 108 valence electrons. The molecule has 0 radical (unpaired) electrons. The highest BCUT2D eigenvalue weighted by atomic mass is 79.9. The van der Waals surface area contributed by atoms with Crippen LogP contribution < -0.4 is 14.8 Å². The van der Waals surface area contributed by atoms with Crippen LogP contribution in [0.25, 0.3) is 0 Å². The Kier molecular flexibility index (Phi) is 7.91. The average molecular weight is 330 g/mol. The maximum Gasteiger partial charge on any atom is 0.161 e. The van der Waals surface area contributed by atoms with E-state index in [4.69, 9.17) is 9.47 Å². The number of hydrogen-bond donors (Lipinski definition) is 1. The molecular weight excluding hydrogens is 306 g/mol. The fourth-order valence-corrected chi connectivity index (χ4v) is 2.48. The van der Waals surface area contributed by atoms with Crippen LogP contribution in [0.1, 0.15) is 31.7 Å². The van der Waals surface area contributed by atoms with E-state index in [1.54, 1.807) is 14.2 Å². The van der Waals surface area contributed by atoms with E-state index in [-0.39, 0.29) is 0 Å². The SMILES string of the molecule is CCCNCCCCc1cc(OC)c(OC)cc1Br. The zero-order chi connectivity index (χ0) is 14.1. The Labute approximate surface area is 124 Å². The molecule has 0 saturated heterocycles. The van der Waals surface area contributed by atoms with E-state index in [9.17, 15) is 0 Å². The van der Waals surface area contributed by atoms with E-state index in [1.165, 1.54) is 24.8 Å². The van der Waals surface area contributed by atoms with Gasteiger partial charge in [-0.1, -0.05) is 22.9 Å². The van der Waals surface area contributed by atoms with E-state index in [2.05, 4.69) is 34.2 Å². The van der Waals surface area contributed by atoms with Crippen LogP contribution in [0.5, 0.6) is 11.5 Å². The third-order valence-corrected chi connectivity index (χ3v) is 3.77. The van der Waals surface area contributed by atoms with Crippen molar-refractivity contribution in [3.05, 3.63) is 22.2 Å². The Balaban J connectivity index is 2.49. The molecule has 0 amide bonds. The van der Waals surface area contributed by atoms with Crippen molar-refractivity contribution in [2.45, 2.75) is 32.6 Å². The molecule has 0 aliphatic carbocycles. The number of unbranched alkanes of at least 4 members (excludes halogenated alkanes) is 1. The summed E-state index contributed by atoms with van der Waals surface area (Å²) in [4.78, 5) is 0. The lowest BCUT2D eigenvalue weighted by Gasteiger charge is -2.12. The maximum atomic E-state index is 5.33. The van der Waals surface area contributed by atoms with Crippen LogP contribution in [0.3, 0.4) is 0 Å². The summed E-state index contributed by atoms with van der Waals surface area (Å²) in [6, 6.07) is 4.03. The van der Waals surface area contributed by atoms with Gasteiger partial charge in [-0.2, -0.15) is 0 Å². The molecule has 0 saturated carbocycles. The molecule has 0 atom stereocenters. The van der Waals surface area contributed by atoms with Crippen LogP contribution in [0.15, 0.2) is 16.6 Å². The van der Waals surface area contributed by atoms with Crippen molar-refractivity contribution in [2.24, 2.45) is 0 Å². The summed E-state index contributed by atoms with van der Waals surface area (Å²) >= 11 is 3.59. The number of nitrogens with one attached hydrogen (secondary N) is 1. The summed E-state index contributed by atoms with van der Waals surface area (Å²) in [6.45, 7) is 4.40. The second-order valence-electron chi connectivity index (χ2n) is 4.51. The first kappa shape index (κ1) is 16.3. The highest BCUT2D eigenvalue weighted by Crippen LogP contribution is 2.33. The first-order chi connectivity index (χ1) is 9.22. The van der Waals surface area contributed by atoms with Crippen molar-refractivity contribution in [3.8, 4) is 11.5 Å². The van der Waals surface area contributed by atoms with Crippen LogP contribution in [0.4, 0.5) is 0 Å². The van der Waals surface area contributed by atoms with Gasteiger partial charge in [0.15, 0.2) is 11.5 Å². The van der Waals surface area contributed by atoms with Gasteiger partial charge in [-0.15, -0.1) is 0 Å². The fraction of sp³-hybridized carbons (Fsp3) is 0.600. The average Bonchev–Trinajstić information content (AvgIpc) is 2.43. The number of benzene rings is 1. The first-order valence-corrected chi connectivity index (χ1v) is 7.63. The van der Waals surface area contributed by atoms with Gasteiger partial charge >= 0.3 is 0 Å². The number of aryl methyl sites for hydroxylation is 1. The minimum absolute atomic E-state index is 0.766. The van der Waals surface area contributed by atoms with E-state index in [0.717, 1.165) is 35.5 Å². The van der Waals surface area contributed by atoms with Crippen LogP contribution in [0, 0.1) is 0 Å². The smallest absolute Gasteiger partial charge is 0.161 e. The standard InChI is InChI=1S/C15H24BrNO2/c1-4-8-17-9-6-5-7-12-10-14(18-2)15(19-3)11-13(12)16/h10-11,17H,4-9H2,1-3H3. The fourth-order valence-electron chi connectivity index (χ4n) is 1.96. The summed E-state index contributed by atoms with van der Waals surface area (Å²) in [5.41, 5.74) is 1.27. The number of methoxy groups -OCH3 is 2. The van der Waals surface area contributed by atoms with E-state index in [1.807, 2.05) is 6.07 Å². The van der Waals surface area contributed by atoms with Crippen molar-refractivity contribution in [3.63, 3.8) is 0 Å². The first-order valence-electron chi connectivity index (χ1n) is 6.84. The molecule has 19 heavy (non-hydrogen) atoms. The molecule has 4 heteroatoms. The lowest BCUT2D eigenvalue weighted by atomic mass is 10.1. The van der Waals surface area contributed by atoms with Gasteiger partial charge in [0.25, 0.3) is 0 Å². The molecule has 1 rings (SSSR count). The number of halogens is 1. The van der Waals surface area contributed by atoms with Crippen LogP contribution >= 0.6 is 15.9 Å². The second kappa shape index (κ2) is 9.21. The summed E-state index contributed by atoms with van der Waals surface area (Å²) < 4.78 is 11.7. The summed E-state index contributed by atoms with van der Waals surface area (Å²) in [5.74, 6) is 1.56. The van der Waals surface area contributed by atoms with Gasteiger partial charge < -0.3 is 14.8 Å². The summed E-state index contributed by atoms with van der Waals surface area (Å²) in [6.07, 6.45) is 4.61. The van der Waals surface area contributed by atoms with Gasteiger partial charge in [0.05, 0.1) is 14.2 Å². The van der Waals surface area contributed by atoms with Gasteiger partial charge in [-0.25, -0.2) is 0 Å². The quantitative estimate of drug-likeness (QED) is 0.699. The molecule has 1 aromatic carbocycles. The molecule has 1 N–H and O–H groups in total. The summed E-state index contributed by atoms with van der Waals surface area (Å²) in [7, 11) is 3.33. The molecule has 0 aliphatic heterocycles. The van der Waals surface area contributed by atoms with E-state index < -0.39 is 0 Å². The largest absolute Gasteiger partial charge is 0.493 e. The highest BCUT2D eigenvalue weighted by molar-refractivity contribution is 9.10. The zero-order valence-electron chi connectivity index (χ0n) is 12.1. The maximum absolute atomic E-state index is 5.33. The summed E-state index contributed by atoms with van der Waals surface area (Å²) in [5, 5.41) is 3.42. The lowest BCUT2D eigenvalue weighted by Crippen LogP contribution is -2.15. The van der Waals surface area contributed by atoms with Crippen molar-refractivity contribution in [1.29, 1.82) is 0 Å². The molecule has 0 spiro atoms. The Bertz CT molecular complexity index is 383. The van der Waals surface area contributed by atoms with Crippen LogP contribution in [-0.2, 0) is 6.42 Å². The van der Waals surface area contributed by atoms with E-state index >= 15 is 0 Å². The highest BCUT2D eigenvalue weighted by Gasteiger charge is 2.09. The predicted molar refractivity (Wildman–Crippen MR) is 83.3 cm³/mol. The van der Waals surface area contributed by atoms with Crippen molar-refractivity contribution < 1.29 is 9.47 Å². The van der Waals surface area contributed by atoms with Crippen molar-refractivity contribution in [2.75, 3.05) is 27.3 Å². The van der Waals surface area contributed by atoms with Crippen LogP contribution in [-0.4, -0.2) is 27.3 Å². The molecule has 0 unspecified atom stereocenters. The predicted octanol–water partition coefficient (Wildman–Crippen LogP) is 3.79. The Morgan fingerprint density at radius 2 is 1.74 bits per heavy atom. The molecule has 0 aliphatic rings. The Morgan fingerprint density at radius 1 is 1.05 bits per heavy atom. The van der Waals surface area contributed by atoms with Gasteiger partial charge in [0, 0.05) is 4.47 Å². The van der Waals surface area contributed by atoms with Crippen LogP contribution in [0.2, 0.25) is 0 Å². The molecule has 1 aromatic rings.